The van der Waals surface area contributed by atoms with Gasteiger partial charge >= 0.3 is 0 Å². The van der Waals surface area contributed by atoms with Gasteiger partial charge in [0.1, 0.15) is 11.5 Å². The summed E-state index contributed by atoms with van der Waals surface area (Å²) in [6.07, 6.45) is 0. The van der Waals surface area contributed by atoms with Gasteiger partial charge in [-0.25, -0.2) is 4.99 Å². The third-order valence-electron chi connectivity index (χ3n) is 3.48. The standard InChI is InChI=1S/C19H11Cl5N2/c20-12-9-7-11(8-10-12)19(25-17-13(21)3-1-4-14(17)22)26-18-15(23)5-2-6-16(18)24/h1-10H,(H,25,26). The van der Waals surface area contributed by atoms with Crippen molar-refractivity contribution in [3.05, 3.63) is 91.3 Å². The molecule has 2 nitrogen and oxygen atoms in total. The highest BCUT2D eigenvalue weighted by atomic mass is 35.5. The van der Waals surface area contributed by atoms with Crippen molar-refractivity contribution in [2.24, 2.45) is 4.99 Å². The predicted octanol–water partition coefficient (Wildman–Crippen LogP) is 8.14. The number of nitrogens with one attached hydrogen (secondary N) is 1. The summed E-state index contributed by atoms with van der Waals surface area (Å²) in [5.74, 6) is 0.478. The summed E-state index contributed by atoms with van der Waals surface area (Å²) in [5, 5.41) is 5.57. The quantitative estimate of drug-likeness (QED) is 0.320. The van der Waals surface area contributed by atoms with E-state index in [1.54, 1.807) is 48.5 Å². The number of rotatable bonds is 3. The van der Waals surface area contributed by atoms with E-state index in [2.05, 4.69) is 10.3 Å². The molecule has 0 bridgehead atoms. The van der Waals surface area contributed by atoms with E-state index < -0.39 is 0 Å². The highest BCUT2D eigenvalue weighted by molar-refractivity contribution is 6.41. The number of aliphatic imine (C=N–C) groups is 1. The molecular weight excluding hydrogens is 433 g/mol. The highest BCUT2D eigenvalue weighted by Crippen LogP contribution is 2.35. The molecule has 1 N–H and O–H groups in total. The summed E-state index contributed by atoms with van der Waals surface area (Å²) in [6, 6.07) is 17.6. The Labute approximate surface area is 176 Å². The van der Waals surface area contributed by atoms with Gasteiger partial charge in [0.25, 0.3) is 0 Å². The minimum Gasteiger partial charge on any atom is -0.337 e. The smallest absolute Gasteiger partial charge is 0.138 e. The maximum Gasteiger partial charge on any atom is 0.138 e. The number of para-hydroxylation sites is 2. The summed E-state index contributed by atoms with van der Waals surface area (Å²) in [5.41, 5.74) is 1.74. The molecule has 3 rings (SSSR count). The van der Waals surface area contributed by atoms with Crippen LogP contribution in [0.1, 0.15) is 5.56 Å². The molecule has 3 aromatic carbocycles. The number of hydrogen-bond donors (Lipinski definition) is 1. The molecule has 0 saturated heterocycles. The second-order valence-corrected chi connectivity index (χ2v) is 7.32. The van der Waals surface area contributed by atoms with Gasteiger partial charge in [-0.1, -0.05) is 70.1 Å². The van der Waals surface area contributed by atoms with E-state index in [9.17, 15) is 0 Å². The van der Waals surface area contributed by atoms with Gasteiger partial charge in [-0.2, -0.15) is 0 Å². The Morgan fingerprint density at radius 1 is 0.654 bits per heavy atom. The molecule has 0 spiro atoms. The van der Waals surface area contributed by atoms with E-state index in [1.807, 2.05) is 12.1 Å². The molecule has 0 aliphatic carbocycles. The van der Waals surface area contributed by atoms with Crippen molar-refractivity contribution < 1.29 is 0 Å². The number of benzene rings is 3. The van der Waals surface area contributed by atoms with Gasteiger partial charge in [-0.05, 0) is 48.5 Å². The van der Waals surface area contributed by atoms with Gasteiger partial charge < -0.3 is 5.32 Å². The summed E-state index contributed by atoms with van der Waals surface area (Å²) >= 11 is 31.1. The molecule has 0 aliphatic rings. The first-order valence-electron chi connectivity index (χ1n) is 7.45. The van der Waals surface area contributed by atoms with Crippen LogP contribution < -0.4 is 5.32 Å². The highest BCUT2D eigenvalue weighted by Gasteiger charge is 2.13. The van der Waals surface area contributed by atoms with Gasteiger partial charge in [0.2, 0.25) is 0 Å². The summed E-state index contributed by atoms with van der Waals surface area (Å²) in [4.78, 5) is 4.62. The van der Waals surface area contributed by atoms with Crippen molar-refractivity contribution in [1.29, 1.82) is 0 Å². The second-order valence-electron chi connectivity index (χ2n) is 5.26. The van der Waals surface area contributed by atoms with Gasteiger partial charge in [-0.15, -0.1) is 0 Å². The predicted molar refractivity (Wildman–Crippen MR) is 114 cm³/mol. The molecular formula is C19H11Cl5N2. The molecule has 0 saturated carbocycles. The van der Waals surface area contributed by atoms with Crippen molar-refractivity contribution in [3.63, 3.8) is 0 Å². The topological polar surface area (TPSA) is 24.4 Å². The fourth-order valence-corrected chi connectivity index (χ4v) is 3.32. The van der Waals surface area contributed by atoms with Crippen LogP contribution in [0.15, 0.2) is 65.7 Å². The van der Waals surface area contributed by atoms with Crippen LogP contribution in [0.25, 0.3) is 0 Å². The first-order valence-corrected chi connectivity index (χ1v) is 9.34. The Balaban J connectivity index is 2.14. The van der Waals surface area contributed by atoms with Gasteiger partial charge in [0.05, 0.1) is 25.8 Å². The van der Waals surface area contributed by atoms with E-state index in [1.165, 1.54) is 0 Å². The molecule has 0 radical (unpaired) electrons. The lowest BCUT2D eigenvalue weighted by atomic mass is 10.2. The van der Waals surface area contributed by atoms with E-state index in [4.69, 9.17) is 58.0 Å². The molecule has 0 amide bonds. The average Bonchev–Trinajstić information content (AvgIpc) is 2.60. The molecule has 132 valence electrons. The lowest BCUT2D eigenvalue weighted by Gasteiger charge is -2.14. The summed E-state index contributed by atoms with van der Waals surface area (Å²) in [7, 11) is 0. The Morgan fingerprint density at radius 3 is 1.69 bits per heavy atom. The minimum absolute atomic E-state index is 0.427. The zero-order valence-corrected chi connectivity index (χ0v) is 16.9. The van der Waals surface area contributed by atoms with Crippen LogP contribution in [0.3, 0.4) is 0 Å². The number of hydrogen-bond acceptors (Lipinski definition) is 1. The van der Waals surface area contributed by atoms with Crippen LogP contribution in [-0.2, 0) is 0 Å². The Morgan fingerprint density at radius 2 is 1.15 bits per heavy atom. The van der Waals surface area contributed by atoms with Crippen molar-refractivity contribution >= 4 is 75.2 Å². The molecule has 0 atom stereocenters. The van der Waals surface area contributed by atoms with Crippen LogP contribution in [0.2, 0.25) is 25.1 Å². The Kier molecular flexibility index (Phi) is 6.33. The van der Waals surface area contributed by atoms with E-state index in [0.717, 1.165) is 5.56 Å². The first-order chi connectivity index (χ1) is 12.5. The number of anilines is 1. The van der Waals surface area contributed by atoms with E-state index in [0.29, 0.717) is 42.3 Å². The van der Waals surface area contributed by atoms with Crippen molar-refractivity contribution in [3.8, 4) is 0 Å². The lowest BCUT2D eigenvalue weighted by Crippen LogP contribution is -2.14. The third-order valence-corrected chi connectivity index (χ3v) is 4.98. The Bertz CT molecular complexity index is 928. The van der Waals surface area contributed by atoms with Gasteiger partial charge in [0.15, 0.2) is 0 Å². The molecule has 3 aromatic rings. The normalized spacial score (nSPS) is 11.5. The Hall–Kier alpha value is -1.42. The van der Waals surface area contributed by atoms with Crippen LogP contribution >= 0.6 is 58.0 Å². The number of nitrogens with zero attached hydrogens (tertiary/aromatic N) is 1. The monoisotopic (exact) mass is 442 g/mol. The molecule has 0 aliphatic heterocycles. The van der Waals surface area contributed by atoms with Crippen molar-refractivity contribution in [2.75, 3.05) is 5.32 Å². The van der Waals surface area contributed by atoms with E-state index >= 15 is 0 Å². The molecule has 0 fully saturated rings. The number of halogens is 5. The molecule has 0 heterocycles. The lowest BCUT2D eigenvalue weighted by molar-refractivity contribution is 1.46. The van der Waals surface area contributed by atoms with Crippen molar-refractivity contribution in [2.45, 2.75) is 0 Å². The zero-order chi connectivity index (χ0) is 18.7. The third kappa shape index (κ3) is 4.46. The zero-order valence-electron chi connectivity index (χ0n) is 13.1. The fourth-order valence-electron chi connectivity index (χ4n) is 2.22. The summed E-state index contributed by atoms with van der Waals surface area (Å²) in [6.45, 7) is 0. The van der Waals surface area contributed by atoms with Crippen LogP contribution in [0, 0.1) is 0 Å². The second kappa shape index (κ2) is 8.51. The van der Waals surface area contributed by atoms with Crippen LogP contribution in [0.4, 0.5) is 11.4 Å². The maximum absolute atomic E-state index is 6.28. The largest absolute Gasteiger partial charge is 0.337 e. The van der Waals surface area contributed by atoms with Gasteiger partial charge in [-0.3, -0.25) is 0 Å². The average molecular weight is 445 g/mol. The minimum atomic E-state index is 0.427. The molecule has 7 heteroatoms. The maximum atomic E-state index is 6.28. The number of amidine groups is 1. The first kappa shape index (κ1) is 19.3. The van der Waals surface area contributed by atoms with E-state index in [-0.39, 0.29) is 0 Å². The SMILES string of the molecule is Clc1ccc(C(=Nc2c(Cl)cccc2Cl)Nc2c(Cl)cccc2Cl)cc1. The molecule has 26 heavy (non-hydrogen) atoms. The van der Waals surface area contributed by atoms with Gasteiger partial charge in [0, 0.05) is 10.6 Å². The van der Waals surface area contributed by atoms with Crippen LogP contribution in [-0.4, -0.2) is 5.84 Å². The van der Waals surface area contributed by atoms with Crippen molar-refractivity contribution in [1.82, 2.24) is 0 Å². The molecule has 0 aromatic heterocycles. The summed E-state index contributed by atoms with van der Waals surface area (Å²) < 4.78 is 0. The fraction of sp³-hybridized carbons (Fsp3) is 0. The molecule has 0 unspecified atom stereocenters. The van der Waals surface area contributed by atoms with Crippen LogP contribution in [0.5, 0.6) is 0 Å².